The summed E-state index contributed by atoms with van der Waals surface area (Å²) in [5.74, 6) is 0.909. The van der Waals surface area contributed by atoms with Crippen molar-refractivity contribution in [1.82, 2.24) is 4.90 Å². The third kappa shape index (κ3) is 2.67. The first-order chi connectivity index (χ1) is 8.65. The van der Waals surface area contributed by atoms with E-state index < -0.39 is 0 Å². The van der Waals surface area contributed by atoms with Crippen molar-refractivity contribution in [2.24, 2.45) is 5.92 Å². The molecule has 1 unspecified atom stereocenters. The topological polar surface area (TPSA) is 49.8 Å². The number of amides is 1. The summed E-state index contributed by atoms with van der Waals surface area (Å²) in [5.41, 5.74) is 0. The Labute approximate surface area is 111 Å². The smallest absolute Gasteiger partial charge is 0.267 e. The Hall–Kier alpha value is -1.07. The fraction of sp³-hybridized carbons (Fsp3) is 0.615. The minimum atomic E-state index is 0.0306. The molecule has 1 aliphatic rings. The number of likely N-dealkylation sites (tertiary alicyclic amines) is 1. The number of hydrogen-bond donors (Lipinski definition) is 1. The number of rotatable bonds is 3. The number of aliphatic hydroxyl groups excluding tert-OH is 1. The van der Waals surface area contributed by atoms with Gasteiger partial charge in [0.2, 0.25) is 0 Å². The van der Waals surface area contributed by atoms with Gasteiger partial charge in [0, 0.05) is 24.6 Å². The van der Waals surface area contributed by atoms with Crippen molar-refractivity contribution < 1.29 is 14.6 Å². The third-order valence-corrected chi connectivity index (χ3v) is 4.32. The summed E-state index contributed by atoms with van der Waals surface area (Å²) in [5, 5.41) is 9.21. The van der Waals surface area contributed by atoms with Gasteiger partial charge in [-0.2, -0.15) is 0 Å². The molecule has 1 aliphatic heterocycles. The Morgan fingerprint density at radius 3 is 3.11 bits per heavy atom. The predicted octanol–water partition coefficient (Wildman–Crippen LogP) is 1.91. The van der Waals surface area contributed by atoms with E-state index in [0.717, 1.165) is 24.3 Å². The molecule has 1 amide bonds. The van der Waals surface area contributed by atoms with E-state index in [4.69, 9.17) is 4.74 Å². The highest BCUT2D eigenvalue weighted by Gasteiger charge is 2.27. The molecule has 0 radical (unpaired) electrons. The van der Waals surface area contributed by atoms with Gasteiger partial charge in [0.25, 0.3) is 5.91 Å². The van der Waals surface area contributed by atoms with Crippen LogP contribution in [-0.4, -0.2) is 42.7 Å². The molecular weight excluding hydrogens is 250 g/mol. The average Bonchev–Trinajstić information content (AvgIpc) is 2.79. The van der Waals surface area contributed by atoms with Crippen LogP contribution in [0.5, 0.6) is 5.75 Å². The molecule has 1 aromatic heterocycles. The Kier molecular flexibility index (Phi) is 4.24. The van der Waals surface area contributed by atoms with Crippen LogP contribution in [0, 0.1) is 12.8 Å². The highest BCUT2D eigenvalue weighted by Crippen LogP contribution is 2.31. The normalized spacial score (nSPS) is 19.9. The number of aliphatic hydroxyl groups is 1. The van der Waals surface area contributed by atoms with Gasteiger partial charge in [0.15, 0.2) is 0 Å². The van der Waals surface area contributed by atoms with Crippen molar-refractivity contribution in [3.63, 3.8) is 0 Å². The standard InChI is InChI=1S/C13H19NO3S/c1-9-6-11(17-2)12(18-9)13(16)14-5-3-4-10(7-14)8-15/h6,10,15H,3-5,7-8H2,1-2H3. The highest BCUT2D eigenvalue weighted by molar-refractivity contribution is 7.14. The van der Waals surface area contributed by atoms with E-state index in [1.54, 1.807) is 7.11 Å². The van der Waals surface area contributed by atoms with Crippen molar-refractivity contribution in [2.45, 2.75) is 19.8 Å². The zero-order valence-corrected chi connectivity index (χ0v) is 11.6. The van der Waals surface area contributed by atoms with Gasteiger partial charge in [0.1, 0.15) is 10.6 Å². The molecule has 1 saturated heterocycles. The number of nitrogens with zero attached hydrogens (tertiary/aromatic N) is 1. The van der Waals surface area contributed by atoms with Crippen LogP contribution in [0.3, 0.4) is 0 Å². The molecule has 100 valence electrons. The van der Waals surface area contributed by atoms with Crippen LogP contribution >= 0.6 is 11.3 Å². The number of aryl methyl sites for hydroxylation is 1. The number of ether oxygens (including phenoxy) is 1. The molecular formula is C13H19NO3S. The van der Waals surface area contributed by atoms with Crippen molar-refractivity contribution in [2.75, 3.05) is 26.8 Å². The van der Waals surface area contributed by atoms with Gasteiger partial charge in [0.05, 0.1) is 7.11 Å². The second-order valence-electron chi connectivity index (χ2n) is 4.70. The SMILES string of the molecule is COc1cc(C)sc1C(=O)N1CCCC(CO)C1. The van der Waals surface area contributed by atoms with Gasteiger partial charge in [-0.1, -0.05) is 0 Å². The quantitative estimate of drug-likeness (QED) is 0.912. The van der Waals surface area contributed by atoms with Crippen LogP contribution in [0.2, 0.25) is 0 Å². The molecule has 1 N–H and O–H groups in total. The lowest BCUT2D eigenvalue weighted by atomic mass is 9.99. The van der Waals surface area contributed by atoms with Crippen LogP contribution in [-0.2, 0) is 0 Å². The van der Waals surface area contributed by atoms with E-state index in [-0.39, 0.29) is 18.4 Å². The Morgan fingerprint density at radius 1 is 1.67 bits per heavy atom. The zero-order chi connectivity index (χ0) is 13.1. The molecule has 4 nitrogen and oxygen atoms in total. The maximum absolute atomic E-state index is 12.4. The van der Waals surface area contributed by atoms with Gasteiger partial charge in [-0.15, -0.1) is 11.3 Å². The van der Waals surface area contributed by atoms with Crippen molar-refractivity contribution >= 4 is 17.2 Å². The summed E-state index contributed by atoms with van der Waals surface area (Å²) < 4.78 is 5.24. The fourth-order valence-corrected chi connectivity index (χ4v) is 3.28. The zero-order valence-electron chi connectivity index (χ0n) is 10.8. The lowest BCUT2D eigenvalue weighted by molar-refractivity contribution is 0.0622. The molecule has 1 aromatic rings. The summed E-state index contributed by atoms with van der Waals surface area (Å²) in [6.45, 7) is 3.55. The van der Waals surface area contributed by atoms with Gasteiger partial charge < -0.3 is 14.7 Å². The first-order valence-corrected chi connectivity index (χ1v) is 7.02. The fourth-order valence-electron chi connectivity index (χ4n) is 2.33. The number of methoxy groups -OCH3 is 1. The number of hydrogen-bond acceptors (Lipinski definition) is 4. The molecule has 1 fully saturated rings. The number of carbonyl (C=O) groups excluding carboxylic acids is 1. The van der Waals surface area contributed by atoms with Crippen LogP contribution in [0.4, 0.5) is 0 Å². The van der Waals surface area contributed by atoms with Gasteiger partial charge >= 0.3 is 0 Å². The van der Waals surface area contributed by atoms with E-state index in [1.807, 2.05) is 17.9 Å². The van der Waals surface area contributed by atoms with Crippen molar-refractivity contribution in [3.05, 3.63) is 15.8 Å². The first-order valence-electron chi connectivity index (χ1n) is 6.20. The van der Waals surface area contributed by atoms with Gasteiger partial charge in [-0.25, -0.2) is 0 Å². The molecule has 0 bridgehead atoms. The third-order valence-electron chi connectivity index (χ3n) is 3.30. The van der Waals surface area contributed by atoms with Gasteiger partial charge in [-0.05, 0) is 31.7 Å². The molecule has 0 spiro atoms. The maximum atomic E-state index is 12.4. The molecule has 0 aliphatic carbocycles. The largest absolute Gasteiger partial charge is 0.495 e. The Morgan fingerprint density at radius 2 is 2.44 bits per heavy atom. The van der Waals surface area contributed by atoms with E-state index >= 15 is 0 Å². The molecule has 18 heavy (non-hydrogen) atoms. The average molecular weight is 269 g/mol. The lowest BCUT2D eigenvalue weighted by Gasteiger charge is -2.31. The number of carbonyl (C=O) groups is 1. The summed E-state index contributed by atoms with van der Waals surface area (Å²) in [4.78, 5) is 16.0. The molecule has 2 rings (SSSR count). The minimum absolute atomic E-state index is 0.0306. The summed E-state index contributed by atoms with van der Waals surface area (Å²) in [6.07, 6.45) is 1.96. The second kappa shape index (κ2) is 5.71. The molecule has 5 heteroatoms. The highest BCUT2D eigenvalue weighted by atomic mass is 32.1. The molecule has 1 atom stereocenters. The Bertz CT molecular complexity index is 430. The second-order valence-corrected chi connectivity index (χ2v) is 5.95. The molecule has 2 heterocycles. The first kappa shape index (κ1) is 13.4. The summed E-state index contributed by atoms with van der Waals surface area (Å²) in [7, 11) is 1.59. The number of piperidine rings is 1. The lowest BCUT2D eigenvalue weighted by Crippen LogP contribution is -2.40. The predicted molar refractivity (Wildman–Crippen MR) is 71.3 cm³/mol. The summed E-state index contributed by atoms with van der Waals surface area (Å²) in [6, 6.07) is 1.89. The maximum Gasteiger partial charge on any atom is 0.267 e. The molecule has 0 saturated carbocycles. The molecule has 0 aromatic carbocycles. The van der Waals surface area contributed by atoms with Crippen molar-refractivity contribution in [1.29, 1.82) is 0 Å². The van der Waals surface area contributed by atoms with Crippen LogP contribution in [0.15, 0.2) is 6.07 Å². The number of thiophene rings is 1. The van der Waals surface area contributed by atoms with Crippen LogP contribution in [0.25, 0.3) is 0 Å². The van der Waals surface area contributed by atoms with Crippen LogP contribution in [0.1, 0.15) is 27.4 Å². The van der Waals surface area contributed by atoms with Crippen LogP contribution < -0.4 is 4.74 Å². The van der Waals surface area contributed by atoms with E-state index in [1.165, 1.54) is 11.3 Å². The van der Waals surface area contributed by atoms with E-state index in [9.17, 15) is 9.90 Å². The van der Waals surface area contributed by atoms with Gasteiger partial charge in [-0.3, -0.25) is 4.79 Å². The Balaban J connectivity index is 2.14. The minimum Gasteiger partial charge on any atom is -0.495 e. The van der Waals surface area contributed by atoms with E-state index in [2.05, 4.69) is 0 Å². The summed E-state index contributed by atoms with van der Waals surface area (Å²) >= 11 is 1.47. The monoisotopic (exact) mass is 269 g/mol. The van der Waals surface area contributed by atoms with Crippen molar-refractivity contribution in [3.8, 4) is 5.75 Å². The van der Waals surface area contributed by atoms with E-state index in [0.29, 0.717) is 17.2 Å².